The molecule has 0 spiro atoms. The molecule has 0 bridgehead atoms. The first kappa shape index (κ1) is 21.0. The lowest BCUT2D eigenvalue weighted by molar-refractivity contribution is 0.0874. The van der Waals surface area contributed by atoms with Crippen LogP contribution in [0.2, 0.25) is 0 Å². The number of halogens is 2. The van der Waals surface area contributed by atoms with Crippen molar-refractivity contribution in [1.29, 1.82) is 0 Å². The highest BCUT2D eigenvalue weighted by Crippen LogP contribution is 2.38. The van der Waals surface area contributed by atoms with E-state index in [1.807, 2.05) is 0 Å². The molecule has 164 valence electrons. The van der Waals surface area contributed by atoms with E-state index >= 15 is 0 Å². The van der Waals surface area contributed by atoms with Gasteiger partial charge in [-0.25, -0.2) is 23.7 Å². The zero-order valence-corrected chi connectivity index (χ0v) is 17.4. The van der Waals surface area contributed by atoms with Gasteiger partial charge in [0.2, 0.25) is 11.8 Å². The van der Waals surface area contributed by atoms with Crippen LogP contribution in [0.4, 0.5) is 14.7 Å². The number of aromatic nitrogens is 3. The van der Waals surface area contributed by atoms with Crippen LogP contribution >= 0.6 is 0 Å². The van der Waals surface area contributed by atoms with Gasteiger partial charge < -0.3 is 24.3 Å². The van der Waals surface area contributed by atoms with Gasteiger partial charge in [-0.2, -0.15) is 0 Å². The molecule has 1 N–H and O–H groups in total. The molecule has 2 aromatic heterocycles. The molecular formula is C21H22F2N4O4. The second-order valence-electron chi connectivity index (χ2n) is 6.99. The quantitative estimate of drug-likeness (QED) is 0.632. The molecule has 10 heteroatoms. The zero-order chi connectivity index (χ0) is 22.0. The third kappa shape index (κ3) is 4.02. The number of nitrogens with one attached hydrogen (secondary N) is 1. The van der Waals surface area contributed by atoms with Crippen molar-refractivity contribution >= 4 is 16.9 Å². The molecule has 31 heavy (non-hydrogen) atoms. The number of anilines is 1. The minimum absolute atomic E-state index is 0.00143. The lowest BCUT2D eigenvalue weighted by Gasteiger charge is -2.23. The van der Waals surface area contributed by atoms with Crippen LogP contribution in [0.5, 0.6) is 17.4 Å². The monoisotopic (exact) mass is 432 g/mol. The standard InChI is InChI=1S/C21H22F2N4O4/c1-28-14-8-15(29-2)18(23)16(17(14)22)13-7-11-9-24-21(25-12-5-4-6-31-10-12)27-19(11)20(26-13)30-3/h7-9,12H,4-6,10H2,1-3H3,(H,24,25,27)/t12-/m0/s1. The maximum Gasteiger partial charge on any atom is 0.241 e. The first-order chi connectivity index (χ1) is 15.0. The SMILES string of the molecule is COc1cc(OC)c(F)c(-c2cc3cnc(N[C@H]4CCCOC4)nc3c(OC)n2)c1F. The Balaban J connectivity index is 1.80. The molecule has 1 atom stereocenters. The molecule has 1 aliphatic heterocycles. The number of hydrogen-bond acceptors (Lipinski definition) is 8. The van der Waals surface area contributed by atoms with Gasteiger partial charge in [-0.05, 0) is 18.9 Å². The number of nitrogens with zero attached hydrogens (tertiary/aromatic N) is 3. The maximum atomic E-state index is 14.9. The van der Waals surface area contributed by atoms with E-state index < -0.39 is 17.2 Å². The number of hydrogen-bond donors (Lipinski definition) is 1. The average molecular weight is 432 g/mol. The predicted octanol–water partition coefficient (Wildman–Crippen LogP) is 3.59. The molecule has 0 radical (unpaired) electrons. The normalized spacial score (nSPS) is 16.2. The van der Waals surface area contributed by atoms with Crippen LogP contribution in [0.15, 0.2) is 18.3 Å². The summed E-state index contributed by atoms with van der Waals surface area (Å²) in [5.41, 5.74) is 0.0238. The van der Waals surface area contributed by atoms with Crippen molar-refractivity contribution in [3.63, 3.8) is 0 Å². The van der Waals surface area contributed by atoms with Gasteiger partial charge in [-0.1, -0.05) is 0 Å². The van der Waals surface area contributed by atoms with E-state index in [4.69, 9.17) is 18.9 Å². The van der Waals surface area contributed by atoms with Crippen LogP contribution in [0.3, 0.4) is 0 Å². The smallest absolute Gasteiger partial charge is 0.241 e. The van der Waals surface area contributed by atoms with Crippen molar-refractivity contribution < 1.29 is 27.7 Å². The third-order valence-corrected chi connectivity index (χ3v) is 5.05. The summed E-state index contributed by atoms with van der Waals surface area (Å²) in [6.07, 6.45) is 3.46. The molecule has 8 nitrogen and oxygen atoms in total. The molecule has 1 aromatic carbocycles. The maximum absolute atomic E-state index is 14.9. The van der Waals surface area contributed by atoms with Crippen LogP contribution in [0.25, 0.3) is 22.2 Å². The van der Waals surface area contributed by atoms with Gasteiger partial charge in [0.15, 0.2) is 23.1 Å². The van der Waals surface area contributed by atoms with Gasteiger partial charge in [0.1, 0.15) is 5.52 Å². The highest BCUT2D eigenvalue weighted by Gasteiger charge is 2.24. The van der Waals surface area contributed by atoms with E-state index in [2.05, 4.69) is 20.3 Å². The summed E-state index contributed by atoms with van der Waals surface area (Å²) in [4.78, 5) is 13.1. The summed E-state index contributed by atoms with van der Waals surface area (Å²) in [5.74, 6) is -1.62. The summed E-state index contributed by atoms with van der Waals surface area (Å²) in [7, 11) is 3.98. The Morgan fingerprint density at radius 2 is 1.77 bits per heavy atom. The molecule has 0 amide bonds. The third-order valence-electron chi connectivity index (χ3n) is 5.05. The van der Waals surface area contributed by atoms with E-state index in [1.54, 1.807) is 6.20 Å². The van der Waals surface area contributed by atoms with Crippen molar-refractivity contribution in [3.05, 3.63) is 30.0 Å². The summed E-state index contributed by atoms with van der Waals surface area (Å²) >= 11 is 0. The Hall–Kier alpha value is -3.27. The molecule has 0 aliphatic carbocycles. The molecule has 3 aromatic rings. The minimum atomic E-state index is -0.897. The summed E-state index contributed by atoms with van der Waals surface area (Å²) < 4.78 is 50.7. The summed E-state index contributed by atoms with van der Waals surface area (Å²) in [6.45, 7) is 1.32. The zero-order valence-electron chi connectivity index (χ0n) is 17.4. The number of pyridine rings is 1. The number of fused-ring (bicyclic) bond motifs is 1. The van der Waals surface area contributed by atoms with E-state index in [0.29, 0.717) is 23.5 Å². The predicted molar refractivity (Wildman–Crippen MR) is 110 cm³/mol. The van der Waals surface area contributed by atoms with Gasteiger partial charge in [-0.3, -0.25) is 0 Å². The first-order valence-electron chi connectivity index (χ1n) is 9.72. The van der Waals surface area contributed by atoms with Crippen LogP contribution in [-0.4, -0.2) is 55.5 Å². The highest BCUT2D eigenvalue weighted by atomic mass is 19.1. The molecule has 1 saturated heterocycles. The number of benzene rings is 1. The first-order valence-corrected chi connectivity index (χ1v) is 9.72. The fourth-order valence-electron chi connectivity index (χ4n) is 3.50. The van der Waals surface area contributed by atoms with Gasteiger partial charge in [0.25, 0.3) is 0 Å². The number of methoxy groups -OCH3 is 3. The van der Waals surface area contributed by atoms with Gasteiger partial charge in [-0.15, -0.1) is 0 Å². The summed E-state index contributed by atoms with van der Waals surface area (Å²) in [5, 5.41) is 3.74. The topological polar surface area (TPSA) is 87.6 Å². The molecule has 3 heterocycles. The molecule has 0 unspecified atom stereocenters. The molecule has 4 rings (SSSR count). The lowest BCUT2D eigenvalue weighted by Crippen LogP contribution is -2.30. The van der Waals surface area contributed by atoms with Gasteiger partial charge >= 0.3 is 0 Å². The molecule has 1 aliphatic rings. The Kier molecular flexibility index (Phi) is 5.99. The Labute approximate surface area is 177 Å². The number of rotatable bonds is 6. The van der Waals surface area contributed by atoms with Crippen molar-refractivity contribution in [2.24, 2.45) is 0 Å². The second kappa shape index (κ2) is 8.84. The van der Waals surface area contributed by atoms with Gasteiger partial charge in [0, 0.05) is 24.3 Å². The van der Waals surface area contributed by atoms with E-state index in [9.17, 15) is 8.78 Å². The van der Waals surface area contributed by atoms with Crippen molar-refractivity contribution in [2.75, 3.05) is 39.9 Å². The van der Waals surface area contributed by atoms with E-state index in [0.717, 1.165) is 25.5 Å². The Morgan fingerprint density at radius 1 is 1.03 bits per heavy atom. The Bertz CT molecular complexity index is 1080. The fraction of sp³-hybridized carbons (Fsp3) is 0.381. The van der Waals surface area contributed by atoms with Crippen LogP contribution in [0.1, 0.15) is 12.8 Å². The van der Waals surface area contributed by atoms with Crippen molar-refractivity contribution in [3.8, 4) is 28.6 Å². The second-order valence-corrected chi connectivity index (χ2v) is 6.99. The highest BCUT2D eigenvalue weighted by molar-refractivity contribution is 5.87. The largest absolute Gasteiger partial charge is 0.494 e. The van der Waals surface area contributed by atoms with E-state index in [1.165, 1.54) is 27.4 Å². The van der Waals surface area contributed by atoms with Crippen LogP contribution in [-0.2, 0) is 4.74 Å². The number of ether oxygens (including phenoxy) is 4. The van der Waals surface area contributed by atoms with Crippen LogP contribution in [0, 0.1) is 11.6 Å². The Morgan fingerprint density at radius 3 is 2.39 bits per heavy atom. The summed E-state index contributed by atoms with van der Waals surface area (Å²) in [6, 6.07) is 2.74. The van der Waals surface area contributed by atoms with Crippen molar-refractivity contribution in [1.82, 2.24) is 15.0 Å². The molecule has 0 saturated carbocycles. The van der Waals surface area contributed by atoms with E-state index in [-0.39, 0.29) is 29.1 Å². The van der Waals surface area contributed by atoms with Crippen LogP contribution < -0.4 is 19.5 Å². The fourth-order valence-corrected chi connectivity index (χ4v) is 3.50. The molecule has 1 fully saturated rings. The minimum Gasteiger partial charge on any atom is -0.494 e. The lowest BCUT2D eigenvalue weighted by atomic mass is 10.1. The molecular weight excluding hydrogens is 410 g/mol. The van der Waals surface area contributed by atoms with Crippen molar-refractivity contribution in [2.45, 2.75) is 18.9 Å². The van der Waals surface area contributed by atoms with Gasteiger partial charge in [0.05, 0.1) is 45.2 Å². The average Bonchev–Trinajstić information content (AvgIpc) is 2.79.